The van der Waals surface area contributed by atoms with Crippen molar-refractivity contribution in [3.05, 3.63) is 22.7 Å². The second-order valence-corrected chi connectivity index (χ2v) is 5.52. The minimum absolute atomic E-state index is 0.0751. The normalized spacial score (nSPS) is 18.8. The molecule has 4 heteroatoms. The van der Waals surface area contributed by atoms with Gasteiger partial charge in [0.15, 0.2) is 0 Å². The Morgan fingerprint density at radius 1 is 1.44 bits per heavy atom. The Kier molecular flexibility index (Phi) is 2.70. The van der Waals surface area contributed by atoms with E-state index in [4.69, 9.17) is 4.74 Å². The van der Waals surface area contributed by atoms with Gasteiger partial charge >= 0.3 is 0 Å². The van der Waals surface area contributed by atoms with Crippen LogP contribution in [0.2, 0.25) is 0 Å². The lowest BCUT2D eigenvalue weighted by Crippen LogP contribution is -2.34. The second kappa shape index (κ2) is 3.77. The van der Waals surface area contributed by atoms with Crippen molar-refractivity contribution in [2.45, 2.75) is 25.9 Å². The molecule has 1 aliphatic rings. The van der Waals surface area contributed by atoms with Crippen LogP contribution in [0.4, 0.5) is 5.69 Å². The molecular weight excluding hydrogens is 270 g/mol. The SMILES string of the molecule is CN1C(=O)CC(C)(C)Oc2cc(Br)ccc21. The molecule has 1 aromatic carbocycles. The molecule has 0 fully saturated rings. The van der Waals surface area contributed by atoms with Crippen molar-refractivity contribution in [3.63, 3.8) is 0 Å². The first-order valence-electron chi connectivity index (χ1n) is 5.14. The minimum atomic E-state index is -0.461. The lowest BCUT2D eigenvalue weighted by atomic mass is 10.1. The van der Waals surface area contributed by atoms with Gasteiger partial charge in [0.2, 0.25) is 5.91 Å². The molecular formula is C12H14BrNO2. The van der Waals surface area contributed by atoms with E-state index in [-0.39, 0.29) is 5.91 Å². The van der Waals surface area contributed by atoms with Crippen LogP contribution in [0.25, 0.3) is 0 Å². The largest absolute Gasteiger partial charge is 0.485 e. The average Bonchev–Trinajstić information content (AvgIpc) is 2.22. The number of amides is 1. The number of benzene rings is 1. The van der Waals surface area contributed by atoms with Crippen molar-refractivity contribution in [1.29, 1.82) is 0 Å². The summed E-state index contributed by atoms with van der Waals surface area (Å²) >= 11 is 3.41. The molecule has 0 N–H and O–H groups in total. The van der Waals surface area contributed by atoms with E-state index < -0.39 is 5.60 Å². The number of nitrogens with zero attached hydrogens (tertiary/aromatic N) is 1. The highest BCUT2D eigenvalue weighted by molar-refractivity contribution is 9.10. The summed E-state index contributed by atoms with van der Waals surface area (Å²) in [5.74, 6) is 0.818. The van der Waals surface area contributed by atoms with Gasteiger partial charge in [-0.2, -0.15) is 0 Å². The summed E-state index contributed by atoms with van der Waals surface area (Å²) < 4.78 is 6.82. The Labute approximate surface area is 104 Å². The Morgan fingerprint density at radius 3 is 2.81 bits per heavy atom. The number of carbonyl (C=O) groups is 1. The number of ether oxygens (including phenoxy) is 1. The molecule has 16 heavy (non-hydrogen) atoms. The van der Waals surface area contributed by atoms with Crippen LogP contribution >= 0.6 is 15.9 Å². The van der Waals surface area contributed by atoms with Gasteiger partial charge in [-0.05, 0) is 32.0 Å². The summed E-state index contributed by atoms with van der Waals surface area (Å²) in [6.07, 6.45) is 0.385. The number of halogens is 1. The number of hydrogen-bond acceptors (Lipinski definition) is 2. The first-order valence-corrected chi connectivity index (χ1v) is 5.93. The highest BCUT2D eigenvalue weighted by Gasteiger charge is 2.32. The molecule has 2 rings (SSSR count). The van der Waals surface area contributed by atoms with Crippen LogP contribution in [-0.4, -0.2) is 18.6 Å². The van der Waals surface area contributed by atoms with E-state index >= 15 is 0 Å². The maximum atomic E-state index is 11.9. The second-order valence-electron chi connectivity index (χ2n) is 4.60. The topological polar surface area (TPSA) is 29.5 Å². The highest BCUT2D eigenvalue weighted by atomic mass is 79.9. The van der Waals surface area contributed by atoms with E-state index in [0.717, 1.165) is 15.9 Å². The van der Waals surface area contributed by atoms with Crippen LogP contribution in [-0.2, 0) is 4.79 Å². The molecule has 1 heterocycles. The summed E-state index contributed by atoms with van der Waals surface area (Å²) in [5, 5.41) is 0. The lowest BCUT2D eigenvalue weighted by Gasteiger charge is -2.23. The molecule has 3 nitrogen and oxygen atoms in total. The van der Waals surface area contributed by atoms with Crippen molar-refractivity contribution >= 4 is 27.5 Å². The van der Waals surface area contributed by atoms with Gasteiger partial charge in [0.1, 0.15) is 11.4 Å². The predicted octanol–water partition coefficient (Wildman–Crippen LogP) is 2.97. The Bertz CT molecular complexity index is 443. The summed E-state index contributed by atoms with van der Waals surface area (Å²) in [4.78, 5) is 13.6. The van der Waals surface area contributed by atoms with Gasteiger partial charge in [0.25, 0.3) is 0 Å². The number of fused-ring (bicyclic) bond motifs is 1. The molecule has 0 aliphatic carbocycles. The molecule has 1 amide bonds. The van der Waals surface area contributed by atoms with Crippen molar-refractivity contribution < 1.29 is 9.53 Å². The molecule has 0 saturated heterocycles. The minimum Gasteiger partial charge on any atom is -0.485 e. The molecule has 0 aromatic heterocycles. The van der Waals surface area contributed by atoms with Crippen molar-refractivity contribution in [2.24, 2.45) is 0 Å². The summed E-state index contributed by atoms with van der Waals surface area (Å²) in [5.41, 5.74) is 0.357. The molecule has 0 saturated carbocycles. The van der Waals surface area contributed by atoms with Crippen molar-refractivity contribution in [3.8, 4) is 5.75 Å². The molecule has 0 bridgehead atoms. The third-order valence-corrected chi connectivity index (χ3v) is 3.11. The van der Waals surface area contributed by atoms with E-state index in [0.29, 0.717) is 6.42 Å². The van der Waals surface area contributed by atoms with Gasteiger partial charge in [0, 0.05) is 11.5 Å². The van der Waals surface area contributed by atoms with Crippen LogP contribution in [0.15, 0.2) is 22.7 Å². The zero-order valence-electron chi connectivity index (χ0n) is 9.58. The van der Waals surface area contributed by atoms with Crippen LogP contribution in [0.5, 0.6) is 5.75 Å². The van der Waals surface area contributed by atoms with E-state index in [2.05, 4.69) is 15.9 Å². The van der Waals surface area contributed by atoms with E-state index in [1.807, 2.05) is 32.0 Å². The molecule has 1 aliphatic heterocycles. The Hall–Kier alpha value is -1.03. The van der Waals surface area contributed by atoms with E-state index in [1.165, 1.54) is 0 Å². The van der Waals surface area contributed by atoms with Crippen LogP contribution in [0.1, 0.15) is 20.3 Å². The smallest absolute Gasteiger partial charge is 0.230 e. The van der Waals surface area contributed by atoms with Gasteiger partial charge < -0.3 is 9.64 Å². The molecule has 86 valence electrons. The summed E-state index contributed by atoms with van der Waals surface area (Å²) in [6.45, 7) is 3.85. The summed E-state index contributed by atoms with van der Waals surface area (Å²) in [7, 11) is 1.78. The number of rotatable bonds is 0. The van der Waals surface area contributed by atoms with E-state index in [1.54, 1.807) is 11.9 Å². The number of carbonyl (C=O) groups excluding carboxylic acids is 1. The van der Waals surface area contributed by atoms with E-state index in [9.17, 15) is 4.79 Å². The third kappa shape index (κ3) is 2.07. The molecule has 0 spiro atoms. The fourth-order valence-electron chi connectivity index (χ4n) is 1.80. The zero-order valence-corrected chi connectivity index (χ0v) is 11.2. The third-order valence-electron chi connectivity index (χ3n) is 2.62. The quantitative estimate of drug-likeness (QED) is 0.733. The van der Waals surface area contributed by atoms with Crippen molar-refractivity contribution in [2.75, 3.05) is 11.9 Å². The Morgan fingerprint density at radius 2 is 2.12 bits per heavy atom. The fraction of sp³-hybridized carbons (Fsp3) is 0.417. The number of hydrogen-bond donors (Lipinski definition) is 0. The standard InChI is InChI=1S/C12H14BrNO2/c1-12(2)7-11(15)14(3)9-5-4-8(13)6-10(9)16-12/h4-6H,7H2,1-3H3. The molecule has 0 unspecified atom stereocenters. The Balaban J connectivity index is 2.54. The van der Waals surface area contributed by atoms with Gasteiger partial charge in [-0.3, -0.25) is 4.79 Å². The van der Waals surface area contributed by atoms with Crippen LogP contribution in [0.3, 0.4) is 0 Å². The highest BCUT2D eigenvalue weighted by Crippen LogP contribution is 2.37. The van der Waals surface area contributed by atoms with Gasteiger partial charge in [0.05, 0.1) is 12.1 Å². The number of anilines is 1. The summed E-state index contributed by atoms with van der Waals surface area (Å²) in [6, 6.07) is 5.69. The van der Waals surface area contributed by atoms with Gasteiger partial charge in [-0.15, -0.1) is 0 Å². The molecule has 0 radical (unpaired) electrons. The van der Waals surface area contributed by atoms with Crippen LogP contribution < -0.4 is 9.64 Å². The first kappa shape index (κ1) is 11.5. The lowest BCUT2D eigenvalue weighted by molar-refractivity contribution is -0.120. The molecule has 1 aromatic rings. The zero-order chi connectivity index (χ0) is 11.9. The average molecular weight is 284 g/mol. The first-order chi connectivity index (χ1) is 7.39. The molecule has 0 atom stereocenters. The van der Waals surface area contributed by atoms with Gasteiger partial charge in [-0.25, -0.2) is 0 Å². The van der Waals surface area contributed by atoms with Gasteiger partial charge in [-0.1, -0.05) is 15.9 Å². The fourth-order valence-corrected chi connectivity index (χ4v) is 2.14. The monoisotopic (exact) mass is 283 g/mol. The maximum Gasteiger partial charge on any atom is 0.230 e. The maximum absolute atomic E-state index is 11.9. The van der Waals surface area contributed by atoms with Crippen LogP contribution in [0, 0.1) is 0 Å². The predicted molar refractivity (Wildman–Crippen MR) is 66.9 cm³/mol. The van der Waals surface area contributed by atoms with Crippen molar-refractivity contribution in [1.82, 2.24) is 0 Å².